The zero-order valence-corrected chi connectivity index (χ0v) is 10.9. The van der Waals surface area contributed by atoms with Crippen LogP contribution >= 0.6 is 0 Å². The van der Waals surface area contributed by atoms with Crippen LogP contribution in [-0.4, -0.2) is 29.7 Å². The second kappa shape index (κ2) is 5.55. The Morgan fingerprint density at radius 1 is 1.44 bits per heavy atom. The zero-order valence-electron chi connectivity index (χ0n) is 10.9. The van der Waals surface area contributed by atoms with E-state index in [2.05, 4.69) is 11.8 Å². The van der Waals surface area contributed by atoms with Crippen molar-refractivity contribution >= 4 is 0 Å². The molecule has 0 atom stereocenters. The largest absolute Gasteiger partial charge is 0.449 e. The summed E-state index contributed by atoms with van der Waals surface area (Å²) in [6.07, 6.45) is 3.11. The summed E-state index contributed by atoms with van der Waals surface area (Å²) in [6.45, 7) is 5.16. The Bertz CT molecular complexity index is 419. The maximum Gasteiger partial charge on any atom is 0.203 e. The number of piperidine rings is 1. The van der Waals surface area contributed by atoms with Crippen molar-refractivity contribution in [3.8, 4) is 6.07 Å². The summed E-state index contributed by atoms with van der Waals surface area (Å²) < 4.78 is 5.39. The Balaban J connectivity index is 1.89. The lowest BCUT2D eigenvalue weighted by atomic mass is 9.77. The Hall–Kier alpha value is -1.31. The highest BCUT2D eigenvalue weighted by Crippen LogP contribution is 2.34. The molecule has 2 heterocycles. The lowest BCUT2D eigenvalue weighted by Crippen LogP contribution is -2.41. The molecule has 0 radical (unpaired) electrons. The van der Waals surface area contributed by atoms with E-state index >= 15 is 0 Å². The number of furan rings is 1. The maximum absolute atomic E-state index is 9.48. The highest BCUT2D eigenvalue weighted by Gasteiger charge is 2.32. The molecule has 4 nitrogen and oxygen atoms in total. The van der Waals surface area contributed by atoms with E-state index in [0.717, 1.165) is 44.7 Å². The van der Waals surface area contributed by atoms with Gasteiger partial charge in [0.1, 0.15) is 11.8 Å². The second-order valence-corrected chi connectivity index (χ2v) is 5.17. The number of nitriles is 1. The Kier molecular flexibility index (Phi) is 4.05. The molecule has 1 N–H and O–H groups in total. The third-order valence-corrected chi connectivity index (χ3v) is 4.15. The fourth-order valence-corrected chi connectivity index (χ4v) is 2.55. The third kappa shape index (κ3) is 2.74. The Morgan fingerprint density at radius 2 is 2.17 bits per heavy atom. The van der Waals surface area contributed by atoms with Gasteiger partial charge in [0.05, 0.1) is 6.54 Å². The highest BCUT2D eigenvalue weighted by atomic mass is 16.3. The molecule has 1 aromatic heterocycles. The predicted octanol–water partition coefficient (Wildman–Crippen LogP) is 2.14. The van der Waals surface area contributed by atoms with Gasteiger partial charge in [-0.05, 0) is 49.9 Å². The van der Waals surface area contributed by atoms with Gasteiger partial charge in [0.25, 0.3) is 0 Å². The molecule has 1 aromatic rings. The van der Waals surface area contributed by atoms with E-state index in [4.69, 9.17) is 9.68 Å². The van der Waals surface area contributed by atoms with Crippen molar-refractivity contribution in [1.29, 1.82) is 5.26 Å². The average Bonchev–Trinajstić information content (AvgIpc) is 2.88. The standard InChI is InChI=1S/C14H20N2O2/c1-2-14(11-17)5-7-16(8-6-14)10-13-4-3-12(9-15)18-13/h3-4,17H,2,5-8,10-11H2,1H3. The maximum atomic E-state index is 9.48. The molecule has 18 heavy (non-hydrogen) atoms. The number of aliphatic hydroxyl groups is 1. The number of hydrogen-bond acceptors (Lipinski definition) is 4. The summed E-state index contributed by atoms with van der Waals surface area (Å²) in [6, 6.07) is 5.58. The van der Waals surface area contributed by atoms with E-state index in [0.29, 0.717) is 5.76 Å². The van der Waals surface area contributed by atoms with E-state index < -0.39 is 0 Å². The molecule has 4 heteroatoms. The first-order valence-corrected chi connectivity index (χ1v) is 6.53. The highest BCUT2D eigenvalue weighted by molar-refractivity contribution is 5.19. The number of aliphatic hydroxyl groups excluding tert-OH is 1. The lowest BCUT2D eigenvalue weighted by molar-refractivity contribution is 0.0360. The fraction of sp³-hybridized carbons (Fsp3) is 0.643. The molecule has 0 aromatic carbocycles. The van der Waals surface area contributed by atoms with Crippen molar-refractivity contribution in [3.63, 3.8) is 0 Å². The summed E-state index contributed by atoms with van der Waals surface area (Å²) in [5.41, 5.74) is 0.122. The van der Waals surface area contributed by atoms with Crippen LogP contribution in [0.25, 0.3) is 0 Å². The minimum Gasteiger partial charge on any atom is -0.449 e. The molecular formula is C14H20N2O2. The lowest BCUT2D eigenvalue weighted by Gasteiger charge is -2.39. The zero-order chi connectivity index (χ0) is 13.0. The van der Waals surface area contributed by atoms with Crippen molar-refractivity contribution in [2.45, 2.75) is 32.7 Å². The van der Waals surface area contributed by atoms with E-state index in [1.807, 2.05) is 12.1 Å². The number of likely N-dealkylation sites (tertiary alicyclic amines) is 1. The van der Waals surface area contributed by atoms with E-state index in [1.54, 1.807) is 6.07 Å². The molecule has 0 bridgehead atoms. The minimum atomic E-state index is 0.122. The van der Waals surface area contributed by atoms with Gasteiger partial charge in [-0.3, -0.25) is 4.90 Å². The molecule has 0 unspecified atom stereocenters. The van der Waals surface area contributed by atoms with Gasteiger partial charge in [-0.1, -0.05) is 6.92 Å². The van der Waals surface area contributed by atoms with E-state index in [1.165, 1.54) is 0 Å². The molecule has 0 saturated carbocycles. The van der Waals surface area contributed by atoms with Crippen LogP contribution in [0, 0.1) is 16.7 Å². The Labute approximate surface area is 108 Å². The first-order chi connectivity index (χ1) is 8.71. The fourth-order valence-electron chi connectivity index (χ4n) is 2.55. The van der Waals surface area contributed by atoms with Crippen LogP contribution < -0.4 is 0 Å². The normalized spacial score (nSPS) is 19.6. The van der Waals surface area contributed by atoms with Crippen molar-refractivity contribution < 1.29 is 9.52 Å². The molecule has 2 rings (SSSR count). The van der Waals surface area contributed by atoms with Crippen LogP contribution in [0.1, 0.15) is 37.7 Å². The van der Waals surface area contributed by atoms with Crippen LogP contribution in [0.2, 0.25) is 0 Å². The smallest absolute Gasteiger partial charge is 0.203 e. The van der Waals surface area contributed by atoms with Crippen molar-refractivity contribution in [3.05, 3.63) is 23.7 Å². The van der Waals surface area contributed by atoms with Crippen molar-refractivity contribution in [1.82, 2.24) is 4.90 Å². The minimum absolute atomic E-state index is 0.122. The molecular weight excluding hydrogens is 228 g/mol. The van der Waals surface area contributed by atoms with Gasteiger partial charge in [0, 0.05) is 6.61 Å². The number of hydrogen-bond donors (Lipinski definition) is 1. The van der Waals surface area contributed by atoms with Crippen LogP contribution in [0.4, 0.5) is 0 Å². The molecule has 1 aliphatic rings. The summed E-state index contributed by atoms with van der Waals surface area (Å²) in [5, 5.41) is 18.2. The molecule has 0 amide bonds. The van der Waals surface area contributed by atoms with Gasteiger partial charge in [0.15, 0.2) is 0 Å². The number of nitrogens with zero attached hydrogens (tertiary/aromatic N) is 2. The average molecular weight is 248 g/mol. The molecule has 0 spiro atoms. The van der Waals surface area contributed by atoms with Crippen LogP contribution in [0.15, 0.2) is 16.5 Å². The van der Waals surface area contributed by atoms with Gasteiger partial charge in [-0.15, -0.1) is 0 Å². The van der Waals surface area contributed by atoms with Gasteiger partial charge in [-0.25, -0.2) is 0 Å². The summed E-state index contributed by atoms with van der Waals surface area (Å²) in [5.74, 6) is 1.22. The first kappa shape index (κ1) is 13.1. The topological polar surface area (TPSA) is 60.4 Å². The summed E-state index contributed by atoms with van der Waals surface area (Å²) >= 11 is 0. The van der Waals surface area contributed by atoms with E-state index in [-0.39, 0.29) is 12.0 Å². The molecule has 1 saturated heterocycles. The summed E-state index contributed by atoms with van der Waals surface area (Å²) in [7, 11) is 0. The van der Waals surface area contributed by atoms with Gasteiger partial charge in [-0.2, -0.15) is 5.26 Å². The molecule has 1 fully saturated rings. The van der Waals surface area contributed by atoms with Crippen molar-refractivity contribution in [2.24, 2.45) is 5.41 Å². The van der Waals surface area contributed by atoms with Gasteiger partial charge in [0.2, 0.25) is 5.76 Å². The summed E-state index contributed by atoms with van der Waals surface area (Å²) in [4.78, 5) is 2.32. The molecule has 0 aliphatic carbocycles. The monoisotopic (exact) mass is 248 g/mol. The van der Waals surface area contributed by atoms with Gasteiger partial charge < -0.3 is 9.52 Å². The Morgan fingerprint density at radius 3 is 2.67 bits per heavy atom. The SMILES string of the molecule is CCC1(CO)CCN(Cc2ccc(C#N)o2)CC1. The van der Waals surface area contributed by atoms with Crippen LogP contribution in [-0.2, 0) is 6.54 Å². The quantitative estimate of drug-likeness (QED) is 0.886. The molecule has 98 valence electrons. The van der Waals surface area contributed by atoms with E-state index in [9.17, 15) is 5.11 Å². The predicted molar refractivity (Wildman–Crippen MR) is 67.7 cm³/mol. The second-order valence-electron chi connectivity index (χ2n) is 5.17. The van der Waals surface area contributed by atoms with Crippen molar-refractivity contribution in [2.75, 3.05) is 19.7 Å². The van der Waals surface area contributed by atoms with Crippen LogP contribution in [0.5, 0.6) is 0 Å². The van der Waals surface area contributed by atoms with Crippen LogP contribution in [0.3, 0.4) is 0 Å². The molecule has 1 aliphatic heterocycles. The number of rotatable bonds is 4. The third-order valence-electron chi connectivity index (χ3n) is 4.15. The van der Waals surface area contributed by atoms with Gasteiger partial charge >= 0.3 is 0 Å². The first-order valence-electron chi connectivity index (χ1n) is 6.53.